The number of benzene rings is 2. The second kappa shape index (κ2) is 5.98. The van der Waals surface area contributed by atoms with Gasteiger partial charge in [0.1, 0.15) is 11.9 Å². The van der Waals surface area contributed by atoms with Crippen LogP contribution in [0.15, 0.2) is 48.5 Å². The quantitative estimate of drug-likeness (QED) is 0.859. The number of likely N-dealkylation sites (N-methyl/N-ethyl adjacent to an activating group) is 1. The number of para-hydroxylation sites is 1. The number of anilines is 1. The van der Waals surface area contributed by atoms with Gasteiger partial charge in [-0.3, -0.25) is 4.79 Å². The minimum absolute atomic E-state index is 0.153. The molecule has 0 N–H and O–H groups in total. The SMILES string of the molecule is CN(C(=O)Cc1ccc(F)cc1)c1ccccc1C#N. The first-order valence-electron chi connectivity index (χ1n) is 6.12. The lowest BCUT2D eigenvalue weighted by Crippen LogP contribution is -2.28. The molecule has 0 bridgehead atoms. The average molecular weight is 268 g/mol. The predicted molar refractivity (Wildman–Crippen MR) is 74.7 cm³/mol. The van der Waals surface area contributed by atoms with Gasteiger partial charge in [0.25, 0.3) is 0 Å². The predicted octanol–water partition coefficient (Wildman–Crippen LogP) is 2.90. The van der Waals surface area contributed by atoms with Crippen molar-refractivity contribution in [2.75, 3.05) is 11.9 Å². The zero-order chi connectivity index (χ0) is 14.5. The van der Waals surface area contributed by atoms with Crippen molar-refractivity contribution in [3.8, 4) is 6.07 Å². The van der Waals surface area contributed by atoms with E-state index < -0.39 is 0 Å². The Morgan fingerprint density at radius 3 is 2.50 bits per heavy atom. The van der Waals surface area contributed by atoms with Gasteiger partial charge in [-0.05, 0) is 29.8 Å². The number of carbonyl (C=O) groups excluding carboxylic acids is 1. The highest BCUT2D eigenvalue weighted by Crippen LogP contribution is 2.19. The van der Waals surface area contributed by atoms with Gasteiger partial charge in [-0.15, -0.1) is 0 Å². The Balaban J connectivity index is 2.17. The standard InChI is InChI=1S/C16H13FN2O/c1-19(15-5-3-2-4-13(15)11-18)16(20)10-12-6-8-14(17)9-7-12/h2-9H,10H2,1H3. The van der Waals surface area contributed by atoms with Gasteiger partial charge in [-0.25, -0.2) is 4.39 Å². The second-order valence-electron chi connectivity index (χ2n) is 4.38. The second-order valence-corrected chi connectivity index (χ2v) is 4.38. The van der Waals surface area contributed by atoms with Gasteiger partial charge in [-0.2, -0.15) is 5.26 Å². The molecule has 0 heterocycles. The number of hydrogen-bond donors (Lipinski definition) is 0. The fraction of sp³-hybridized carbons (Fsp3) is 0.125. The molecule has 0 atom stereocenters. The minimum atomic E-state index is -0.329. The van der Waals surface area contributed by atoms with E-state index >= 15 is 0 Å². The van der Waals surface area contributed by atoms with E-state index in [2.05, 4.69) is 6.07 Å². The first-order chi connectivity index (χ1) is 9.61. The molecule has 2 rings (SSSR count). The molecule has 1 amide bonds. The van der Waals surface area contributed by atoms with Crippen LogP contribution in [0, 0.1) is 17.1 Å². The third-order valence-corrected chi connectivity index (χ3v) is 3.03. The topological polar surface area (TPSA) is 44.1 Å². The number of amides is 1. The summed E-state index contributed by atoms with van der Waals surface area (Å²) in [6.45, 7) is 0. The van der Waals surface area contributed by atoms with Crippen molar-refractivity contribution in [1.29, 1.82) is 5.26 Å². The first-order valence-corrected chi connectivity index (χ1v) is 6.12. The van der Waals surface area contributed by atoms with Crippen molar-refractivity contribution >= 4 is 11.6 Å². The maximum absolute atomic E-state index is 12.8. The molecule has 0 aliphatic rings. The summed E-state index contributed by atoms with van der Waals surface area (Å²) in [5.74, 6) is -0.483. The maximum Gasteiger partial charge on any atom is 0.231 e. The lowest BCUT2D eigenvalue weighted by atomic mass is 10.1. The Morgan fingerprint density at radius 1 is 1.20 bits per heavy atom. The van der Waals surface area contributed by atoms with Crippen LogP contribution in [0.1, 0.15) is 11.1 Å². The molecule has 0 aliphatic heterocycles. The van der Waals surface area contributed by atoms with Gasteiger partial charge in [0.2, 0.25) is 5.91 Å². The fourth-order valence-electron chi connectivity index (χ4n) is 1.89. The zero-order valence-electron chi connectivity index (χ0n) is 11.0. The van der Waals surface area contributed by atoms with E-state index in [1.807, 2.05) is 0 Å². The van der Waals surface area contributed by atoms with Crippen molar-refractivity contribution in [3.05, 3.63) is 65.5 Å². The number of halogens is 1. The van der Waals surface area contributed by atoms with E-state index in [1.54, 1.807) is 43.4 Å². The molecule has 2 aromatic carbocycles. The Hall–Kier alpha value is -2.67. The third-order valence-electron chi connectivity index (χ3n) is 3.03. The van der Waals surface area contributed by atoms with E-state index in [0.717, 1.165) is 5.56 Å². The molecule has 2 aromatic rings. The Bertz CT molecular complexity index is 659. The first kappa shape index (κ1) is 13.8. The van der Waals surface area contributed by atoms with E-state index in [1.165, 1.54) is 17.0 Å². The lowest BCUT2D eigenvalue weighted by molar-refractivity contribution is -0.117. The largest absolute Gasteiger partial charge is 0.314 e. The van der Waals surface area contributed by atoms with E-state index in [9.17, 15) is 9.18 Å². The lowest BCUT2D eigenvalue weighted by Gasteiger charge is -2.18. The van der Waals surface area contributed by atoms with Crippen molar-refractivity contribution in [1.82, 2.24) is 0 Å². The van der Waals surface area contributed by atoms with Crippen LogP contribution in [0.3, 0.4) is 0 Å². The van der Waals surface area contributed by atoms with Crippen LogP contribution >= 0.6 is 0 Å². The summed E-state index contributed by atoms with van der Waals surface area (Å²) in [4.78, 5) is 13.6. The zero-order valence-corrected chi connectivity index (χ0v) is 11.0. The number of carbonyl (C=O) groups is 1. The van der Waals surface area contributed by atoms with E-state index in [-0.39, 0.29) is 18.1 Å². The molecule has 0 saturated carbocycles. The van der Waals surface area contributed by atoms with Crippen LogP contribution in [-0.4, -0.2) is 13.0 Å². The van der Waals surface area contributed by atoms with Gasteiger partial charge >= 0.3 is 0 Å². The Labute approximate surface area is 116 Å². The maximum atomic E-state index is 12.8. The van der Waals surface area contributed by atoms with E-state index in [4.69, 9.17) is 5.26 Å². The molecule has 100 valence electrons. The highest BCUT2D eigenvalue weighted by atomic mass is 19.1. The normalized spacial score (nSPS) is 9.85. The molecular weight excluding hydrogens is 255 g/mol. The fourth-order valence-corrected chi connectivity index (χ4v) is 1.89. The molecule has 3 nitrogen and oxygen atoms in total. The van der Waals surface area contributed by atoms with E-state index in [0.29, 0.717) is 11.3 Å². The molecule has 0 unspecified atom stereocenters. The summed E-state index contributed by atoms with van der Waals surface area (Å²) in [7, 11) is 1.63. The summed E-state index contributed by atoms with van der Waals surface area (Å²) in [5, 5.41) is 9.04. The van der Waals surface area contributed by atoms with Crippen molar-refractivity contribution in [2.24, 2.45) is 0 Å². The molecule has 0 radical (unpaired) electrons. The van der Waals surface area contributed by atoms with Crippen molar-refractivity contribution in [2.45, 2.75) is 6.42 Å². The van der Waals surface area contributed by atoms with Crippen LogP contribution in [0.2, 0.25) is 0 Å². The van der Waals surface area contributed by atoms with Crippen molar-refractivity contribution in [3.63, 3.8) is 0 Å². The summed E-state index contributed by atoms with van der Waals surface area (Å²) in [6, 6.07) is 14.8. The summed E-state index contributed by atoms with van der Waals surface area (Å²) < 4.78 is 12.8. The summed E-state index contributed by atoms with van der Waals surface area (Å²) in [6.07, 6.45) is 0.163. The van der Waals surface area contributed by atoms with Crippen LogP contribution in [0.4, 0.5) is 10.1 Å². The number of nitriles is 1. The number of nitrogens with zero attached hydrogens (tertiary/aromatic N) is 2. The molecule has 0 aromatic heterocycles. The summed E-state index contributed by atoms with van der Waals surface area (Å²) in [5.41, 5.74) is 1.75. The Kier molecular flexibility index (Phi) is 4.11. The number of rotatable bonds is 3. The molecule has 0 fully saturated rings. The Morgan fingerprint density at radius 2 is 1.85 bits per heavy atom. The molecular formula is C16H13FN2O. The minimum Gasteiger partial charge on any atom is -0.314 e. The highest BCUT2D eigenvalue weighted by molar-refractivity contribution is 5.95. The monoisotopic (exact) mass is 268 g/mol. The van der Waals surface area contributed by atoms with Gasteiger partial charge in [0, 0.05) is 7.05 Å². The van der Waals surface area contributed by atoms with Crippen LogP contribution in [-0.2, 0) is 11.2 Å². The highest BCUT2D eigenvalue weighted by Gasteiger charge is 2.14. The summed E-state index contributed by atoms with van der Waals surface area (Å²) >= 11 is 0. The third kappa shape index (κ3) is 3.01. The molecule has 0 aliphatic carbocycles. The number of hydrogen-bond acceptors (Lipinski definition) is 2. The van der Waals surface area contributed by atoms with Crippen LogP contribution < -0.4 is 4.90 Å². The van der Waals surface area contributed by atoms with Crippen LogP contribution in [0.5, 0.6) is 0 Å². The molecule has 20 heavy (non-hydrogen) atoms. The van der Waals surface area contributed by atoms with Crippen molar-refractivity contribution < 1.29 is 9.18 Å². The van der Waals surface area contributed by atoms with Gasteiger partial charge in [0.15, 0.2) is 0 Å². The van der Waals surface area contributed by atoms with Gasteiger partial charge in [0.05, 0.1) is 17.7 Å². The van der Waals surface area contributed by atoms with Crippen LogP contribution in [0.25, 0.3) is 0 Å². The van der Waals surface area contributed by atoms with Gasteiger partial charge < -0.3 is 4.90 Å². The van der Waals surface area contributed by atoms with Gasteiger partial charge in [-0.1, -0.05) is 24.3 Å². The molecule has 4 heteroatoms. The smallest absolute Gasteiger partial charge is 0.231 e. The average Bonchev–Trinajstić information content (AvgIpc) is 2.48. The molecule has 0 saturated heterocycles. The molecule has 0 spiro atoms.